The highest BCUT2D eigenvalue weighted by Crippen LogP contribution is 2.35. The van der Waals surface area contributed by atoms with Crippen LogP contribution in [-0.4, -0.2) is 29.5 Å². The molecule has 0 unspecified atom stereocenters. The minimum Gasteiger partial charge on any atom is -0.454 e. The molecule has 1 atom stereocenters. The van der Waals surface area contributed by atoms with E-state index >= 15 is 0 Å². The number of nitrogens with zero attached hydrogens (tertiary/aromatic N) is 1. The van der Waals surface area contributed by atoms with Gasteiger partial charge in [0.1, 0.15) is 11.4 Å². The number of hydrogen-bond acceptors (Lipinski definition) is 6. The lowest BCUT2D eigenvalue weighted by Crippen LogP contribution is -2.39. The molecule has 1 aliphatic rings. The molecule has 24 heavy (non-hydrogen) atoms. The van der Waals surface area contributed by atoms with Gasteiger partial charge in [0.05, 0.1) is 18.7 Å². The summed E-state index contributed by atoms with van der Waals surface area (Å²) in [6, 6.07) is 5.23. The van der Waals surface area contributed by atoms with Crippen molar-refractivity contribution in [3.8, 4) is 11.5 Å². The number of benzene rings is 1. The van der Waals surface area contributed by atoms with E-state index in [0.717, 1.165) is 5.56 Å². The average molecular weight is 332 g/mol. The first kappa shape index (κ1) is 16.3. The Hall–Kier alpha value is -2.54. The van der Waals surface area contributed by atoms with Gasteiger partial charge in [0, 0.05) is 5.56 Å². The van der Waals surface area contributed by atoms with Crippen molar-refractivity contribution < 1.29 is 23.9 Å². The second-order valence-electron chi connectivity index (χ2n) is 6.10. The van der Waals surface area contributed by atoms with E-state index in [0.29, 0.717) is 28.5 Å². The minimum atomic E-state index is -1.23. The first-order valence-electron chi connectivity index (χ1n) is 7.68. The number of aryl methyl sites for hydroxylation is 2. The molecule has 2 N–H and O–H groups in total. The number of ether oxygens (including phenoxy) is 2. The van der Waals surface area contributed by atoms with E-state index < -0.39 is 5.60 Å². The van der Waals surface area contributed by atoms with Gasteiger partial charge in [-0.3, -0.25) is 4.79 Å². The molecule has 7 heteroatoms. The molecule has 3 rings (SSSR count). The lowest BCUT2D eigenvalue weighted by Gasteiger charge is -2.24. The molecule has 1 aromatic carbocycles. The fourth-order valence-corrected chi connectivity index (χ4v) is 2.58. The van der Waals surface area contributed by atoms with Crippen molar-refractivity contribution in [1.29, 1.82) is 0 Å². The van der Waals surface area contributed by atoms with Crippen LogP contribution in [-0.2, 0) is 16.8 Å². The summed E-state index contributed by atoms with van der Waals surface area (Å²) in [7, 11) is 0. The van der Waals surface area contributed by atoms with Gasteiger partial charge >= 0.3 is 0 Å². The number of rotatable bonds is 5. The largest absolute Gasteiger partial charge is 0.454 e. The van der Waals surface area contributed by atoms with Crippen molar-refractivity contribution in [3.05, 3.63) is 40.8 Å². The number of aliphatic hydroxyl groups is 1. The molecular weight excluding hydrogens is 312 g/mol. The molecule has 0 aliphatic carbocycles. The normalized spacial score (nSPS) is 15.2. The molecule has 0 bridgehead atoms. The van der Waals surface area contributed by atoms with Gasteiger partial charge in [0.2, 0.25) is 12.7 Å². The van der Waals surface area contributed by atoms with Crippen LogP contribution in [0, 0.1) is 13.8 Å². The van der Waals surface area contributed by atoms with Crippen molar-refractivity contribution >= 4 is 5.91 Å². The third-order valence-electron chi connectivity index (χ3n) is 4.14. The van der Waals surface area contributed by atoms with Crippen LogP contribution in [0.2, 0.25) is 0 Å². The molecule has 1 aliphatic heterocycles. The lowest BCUT2D eigenvalue weighted by atomic mass is 9.95. The van der Waals surface area contributed by atoms with E-state index in [1.807, 2.05) is 0 Å². The van der Waals surface area contributed by atoms with Crippen LogP contribution in [0.4, 0.5) is 0 Å². The number of carbonyl (C=O) groups excluding carboxylic acids is 1. The van der Waals surface area contributed by atoms with Crippen LogP contribution < -0.4 is 14.8 Å². The highest BCUT2D eigenvalue weighted by molar-refractivity contribution is 5.79. The number of aromatic nitrogens is 1. The Kier molecular flexibility index (Phi) is 4.19. The number of hydrogen-bond donors (Lipinski definition) is 2. The zero-order valence-electron chi connectivity index (χ0n) is 13.9. The molecule has 7 nitrogen and oxygen atoms in total. The topological polar surface area (TPSA) is 93.8 Å². The SMILES string of the molecule is Cc1noc(C)c1CC(=O)NC[C@@](C)(O)c1ccc2c(c1)OCO2. The molecule has 0 saturated heterocycles. The zero-order valence-corrected chi connectivity index (χ0v) is 13.9. The highest BCUT2D eigenvalue weighted by Gasteiger charge is 2.27. The van der Waals surface area contributed by atoms with Crippen LogP contribution in [0.15, 0.2) is 22.7 Å². The summed E-state index contributed by atoms with van der Waals surface area (Å²) >= 11 is 0. The molecule has 0 fully saturated rings. The highest BCUT2D eigenvalue weighted by atomic mass is 16.7. The Bertz CT molecular complexity index is 747. The van der Waals surface area contributed by atoms with Gasteiger partial charge in [0.15, 0.2) is 11.5 Å². The Morgan fingerprint density at radius 3 is 2.79 bits per heavy atom. The van der Waals surface area contributed by atoms with Gasteiger partial charge < -0.3 is 24.4 Å². The summed E-state index contributed by atoms with van der Waals surface area (Å²) in [5, 5.41) is 17.2. The first-order valence-corrected chi connectivity index (χ1v) is 7.68. The summed E-state index contributed by atoms with van der Waals surface area (Å²) in [4.78, 5) is 12.1. The smallest absolute Gasteiger partial charge is 0.231 e. The quantitative estimate of drug-likeness (QED) is 0.863. The van der Waals surface area contributed by atoms with Crippen LogP contribution in [0.5, 0.6) is 11.5 Å². The number of fused-ring (bicyclic) bond motifs is 1. The van der Waals surface area contributed by atoms with Gasteiger partial charge in [-0.05, 0) is 38.5 Å². The summed E-state index contributed by atoms with van der Waals surface area (Å²) in [6.45, 7) is 5.46. The van der Waals surface area contributed by atoms with Gasteiger partial charge in [-0.2, -0.15) is 0 Å². The molecule has 0 radical (unpaired) electrons. The maximum atomic E-state index is 12.1. The van der Waals surface area contributed by atoms with Gasteiger partial charge in [-0.25, -0.2) is 0 Å². The number of carbonyl (C=O) groups is 1. The minimum absolute atomic E-state index is 0.0782. The summed E-state index contributed by atoms with van der Waals surface area (Å²) in [5.41, 5.74) is 0.889. The third kappa shape index (κ3) is 3.21. The van der Waals surface area contributed by atoms with Crippen LogP contribution in [0.1, 0.15) is 29.5 Å². The summed E-state index contributed by atoms with van der Waals surface area (Å²) < 4.78 is 15.6. The van der Waals surface area contributed by atoms with Crippen LogP contribution in [0.25, 0.3) is 0 Å². The van der Waals surface area contributed by atoms with E-state index in [1.54, 1.807) is 39.0 Å². The fraction of sp³-hybridized carbons (Fsp3) is 0.412. The second-order valence-corrected chi connectivity index (χ2v) is 6.10. The molecule has 0 saturated carbocycles. The third-order valence-corrected chi connectivity index (χ3v) is 4.14. The lowest BCUT2D eigenvalue weighted by molar-refractivity contribution is -0.121. The first-order chi connectivity index (χ1) is 11.4. The van der Waals surface area contributed by atoms with Crippen LogP contribution in [0.3, 0.4) is 0 Å². The van der Waals surface area contributed by atoms with E-state index in [4.69, 9.17) is 14.0 Å². The molecule has 1 amide bonds. The predicted molar refractivity (Wildman–Crippen MR) is 84.8 cm³/mol. The molecule has 1 aromatic heterocycles. The van der Waals surface area contributed by atoms with Gasteiger partial charge in [-0.1, -0.05) is 11.2 Å². The van der Waals surface area contributed by atoms with E-state index in [2.05, 4.69) is 10.5 Å². The Labute approximate surface area is 139 Å². The second kappa shape index (κ2) is 6.16. The summed E-state index contributed by atoms with van der Waals surface area (Å²) in [5.74, 6) is 1.67. The van der Waals surface area contributed by atoms with Crippen molar-refractivity contribution in [2.75, 3.05) is 13.3 Å². The molecule has 0 spiro atoms. The van der Waals surface area contributed by atoms with E-state index in [1.165, 1.54) is 0 Å². The fourth-order valence-electron chi connectivity index (χ4n) is 2.58. The molecule has 2 aromatic rings. The molecule has 2 heterocycles. The monoisotopic (exact) mass is 332 g/mol. The van der Waals surface area contributed by atoms with Crippen molar-refractivity contribution in [2.24, 2.45) is 0 Å². The zero-order chi connectivity index (χ0) is 17.3. The molecule has 128 valence electrons. The summed E-state index contributed by atoms with van der Waals surface area (Å²) in [6.07, 6.45) is 0.165. The van der Waals surface area contributed by atoms with Crippen LogP contribution >= 0.6 is 0 Å². The van der Waals surface area contributed by atoms with Gasteiger partial charge in [0.25, 0.3) is 0 Å². The van der Waals surface area contributed by atoms with Crippen molar-refractivity contribution in [1.82, 2.24) is 10.5 Å². The van der Waals surface area contributed by atoms with E-state index in [-0.39, 0.29) is 25.7 Å². The Morgan fingerprint density at radius 1 is 1.33 bits per heavy atom. The maximum absolute atomic E-state index is 12.1. The number of nitrogens with one attached hydrogen (secondary N) is 1. The average Bonchev–Trinajstić information content (AvgIpc) is 3.14. The Morgan fingerprint density at radius 2 is 2.08 bits per heavy atom. The van der Waals surface area contributed by atoms with E-state index in [9.17, 15) is 9.90 Å². The van der Waals surface area contributed by atoms with Crippen molar-refractivity contribution in [3.63, 3.8) is 0 Å². The maximum Gasteiger partial charge on any atom is 0.231 e. The number of amides is 1. The Balaban J connectivity index is 1.63. The predicted octanol–water partition coefficient (Wildman–Crippen LogP) is 1.59. The van der Waals surface area contributed by atoms with Gasteiger partial charge in [-0.15, -0.1) is 0 Å². The standard InChI is InChI=1S/C17H20N2O5/c1-10-13(11(2)24-19-10)7-16(20)18-8-17(3,21)12-4-5-14-15(6-12)23-9-22-14/h4-6,21H,7-9H2,1-3H3,(H,18,20)/t17-/m1/s1. The molecular formula is C17H20N2O5. The van der Waals surface area contributed by atoms with Crippen molar-refractivity contribution in [2.45, 2.75) is 32.8 Å².